The SMILES string of the molecule is CCNC(=NCCc1ccc(OC)cc1)NCCc1ccc(O)c(OC)c1. The summed E-state index contributed by atoms with van der Waals surface area (Å²) in [6, 6.07) is 13.5. The van der Waals surface area contributed by atoms with Crippen LogP contribution in [0.5, 0.6) is 17.2 Å². The van der Waals surface area contributed by atoms with Crippen LogP contribution < -0.4 is 20.1 Å². The zero-order valence-electron chi connectivity index (χ0n) is 16.3. The predicted molar refractivity (Wildman–Crippen MR) is 109 cm³/mol. The summed E-state index contributed by atoms with van der Waals surface area (Å²) in [5, 5.41) is 16.3. The van der Waals surface area contributed by atoms with Gasteiger partial charge in [-0.05, 0) is 55.2 Å². The van der Waals surface area contributed by atoms with Crippen LogP contribution in [0.1, 0.15) is 18.1 Å². The quantitative estimate of drug-likeness (QED) is 0.467. The molecule has 0 radical (unpaired) electrons. The molecule has 27 heavy (non-hydrogen) atoms. The number of phenolic OH excluding ortho intramolecular Hbond substituents is 1. The molecule has 146 valence electrons. The molecule has 0 unspecified atom stereocenters. The summed E-state index contributed by atoms with van der Waals surface area (Å²) >= 11 is 0. The number of rotatable bonds is 9. The number of benzene rings is 2. The second kappa shape index (κ2) is 11.0. The van der Waals surface area contributed by atoms with Crippen LogP contribution in [0.4, 0.5) is 0 Å². The summed E-state index contributed by atoms with van der Waals surface area (Å²) in [7, 11) is 3.22. The molecule has 6 nitrogen and oxygen atoms in total. The Labute approximate surface area is 161 Å². The molecule has 2 aromatic carbocycles. The van der Waals surface area contributed by atoms with Crippen molar-refractivity contribution in [3.8, 4) is 17.2 Å². The number of aliphatic imine (C=N–C) groups is 1. The maximum atomic E-state index is 9.66. The van der Waals surface area contributed by atoms with Crippen LogP contribution in [0.2, 0.25) is 0 Å². The van der Waals surface area contributed by atoms with Crippen molar-refractivity contribution < 1.29 is 14.6 Å². The zero-order valence-corrected chi connectivity index (χ0v) is 16.3. The van der Waals surface area contributed by atoms with Gasteiger partial charge in [0, 0.05) is 19.6 Å². The van der Waals surface area contributed by atoms with Gasteiger partial charge in [0.1, 0.15) is 5.75 Å². The predicted octanol–water partition coefficient (Wildman–Crippen LogP) is 2.75. The Bertz CT molecular complexity index is 730. The maximum Gasteiger partial charge on any atom is 0.191 e. The number of ether oxygens (including phenoxy) is 2. The number of hydrogen-bond acceptors (Lipinski definition) is 4. The lowest BCUT2D eigenvalue weighted by atomic mass is 10.1. The van der Waals surface area contributed by atoms with E-state index in [2.05, 4.69) is 27.8 Å². The Morgan fingerprint density at radius 3 is 2.37 bits per heavy atom. The van der Waals surface area contributed by atoms with Crippen molar-refractivity contribution in [2.75, 3.05) is 33.9 Å². The van der Waals surface area contributed by atoms with Gasteiger partial charge < -0.3 is 25.2 Å². The molecule has 0 spiro atoms. The molecular weight excluding hydrogens is 342 g/mol. The van der Waals surface area contributed by atoms with Crippen LogP contribution in [-0.4, -0.2) is 44.9 Å². The second-order valence-corrected chi connectivity index (χ2v) is 6.04. The zero-order chi connectivity index (χ0) is 19.5. The van der Waals surface area contributed by atoms with Gasteiger partial charge >= 0.3 is 0 Å². The molecule has 0 atom stereocenters. The molecule has 2 rings (SSSR count). The lowest BCUT2D eigenvalue weighted by Crippen LogP contribution is -2.38. The summed E-state index contributed by atoms with van der Waals surface area (Å²) in [4.78, 5) is 4.63. The Morgan fingerprint density at radius 2 is 1.70 bits per heavy atom. The van der Waals surface area contributed by atoms with Crippen LogP contribution in [-0.2, 0) is 12.8 Å². The van der Waals surface area contributed by atoms with E-state index in [9.17, 15) is 5.11 Å². The van der Waals surface area contributed by atoms with Crippen LogP contribution in [0.25, 0.3) is 0 Å². The van der Waals surface area contributed by atoms with Crippen molar-refractivity contribution in [3.05, 3.63) is 53.6 Å². The van der Waals surface area contributed by atoms with Crippen LogP contribution in [0.15, 0.2) is 47.5 Å². The Balaban J connectivity index is 1.83. The second-order valence-electron chi connectivity index (χ2n) is 6.04. The minimum Gasteiger partial charge on any atom is -0.504 e. The molecule has 0 heterocycles. The number of nitrogens with zero attached hydrogens (tertiary/aromatic N) is 1. The average molecular weight is 371 g/mol. The maximum absolute atomic E-state index is 9.66. The van der Waals surface area contributed by atoms with E-state index in [-0.39, 0.29) is 5.75 Å². The van der Waals surface area contributed by atoms with Gasteiger partial charge in [-0.2, -0.15) is 0 Å². The van der Waals surface area contributed by atoms with Gasteiger partial charge in [-0.15, -0.1) is 0 Å². The van der Waals surface area contributed by atoms with Gasteiger partial charge in [-0.1, -0.05) is 18.2 Å². The van der Waals surface area contributed by atoms with Gasteiger partial charge in [0.05, 0.1) is 14.2 Å². The van der Waals surface area contributed by atoms with E-state index >= 15 is 0 Å². The fourth-order valence-electron chi connectivity index (χ4n) is 2.63. The fourth-order valence-corrected chi connectivity index (χ4v) is 2.63. The molecule has 0 bridgehead atoms. The number of methoxy groups -OCH3 is 2. The molecule has 0 saturated carbocycles. The number of aromatic hydroxyl groups is 1. The van der Waals surface area contributed by atoms with E-state index in [0.717, 1.165) is 43.2 Å². The smallest absolute Gasteiger partial charge is 0.191 e. The molecule has 0 aliphatic rings. The monoisotopic (exact) mass is 371 g/mol. The summed E-state index contributed by atoms with van der Waals surface area (Å²) in [5.41, 5.74) is 2.32. The van der Waals surface area contributed by atoms with Gasteiger partial charge in [0.15, 0.2) is 17.5 Å². The summed E-state index contributed by atoms with van der Waals surface area (Å²) in [6.07, 6.45) is 1.68. The lowest BCUT2D eigenvalue weighted by molar-refractivity contribution is 0.373. The lowest BCUT2D eigenvalue weighted by Gasteiger charge is -2.12. The van der Waals surface area contributed by atoms with E-state index in [4.69, 9.17) is 9.47 Å². The molecule has 0 fully saturated rings. The molecule has 6 heteroatoms. The number of guanidine groups is 1. The topological polar surface area (TPSA) is 75.1 Å². The van der Waals surface area contributed by atoms with E-state index in [0.29, 0.717) is 12.3 Å². The third-order valence-corrected chi connectivity index (χ3v) is 4.12. The van der Waals surface area contributed by atoms with Crippen molar-refractivity contribution in [2.45, 2.75) is 19.8 Å². The van der Waals surface area contributed by atoms with Crippen molar-refractivity contribution in [1.82, 2.24) is 10.6 Å². The fraction of sp³-hybridized carbons (Fsp3) is 0.381. The van der Waals surface area contributed by atoms with Gasteiger partial charge in [0.2, 0.25) is 0 Å². The van der Waals surface area contributed by atoms with Crippen LogP contribution >= 0.6 is 0 Å². The summed E-state index contributed by atoms with van der Waals surface area (Å²) in [6.45, 7) is 4.30. The highest BCUT2D eigenvalue weighted by Gasteiger charge is 2.03. The Hall–Kier alpha value is -2.89. The first-order chi connectivity index (χ1) is 13.2. The minimum absolute atomic E-state index is 0.155. The molecule has 0 aliphatic carbocycles. The van der Waals surface area contributed by atoms with Crippen molar-refractivity contribution in [1.29, 1.82) is 0 Å². The van der Waals surface area contributed by atoms with Gasteiger partial charge in [-0.3, -0.25) is 4.99 Å². The first-order valence-electron chi connectivity index (χ1n) is 9.17. The molecule has 0 aromatic heterocycles. The minimum atomic E-state index is 0.155. The average Bonchev–Trinajstić information content (AvgIpc) is 2.69. The molecule has 0 amide bonds. The Morgan fingerprint density at radius 1 is 0.963 bits per heavy atom. The molecule has 0 aliphatic heterocycles. The van der Waals surface area contributed by atoms with Crippen LogP contribution in [0.3, 0.4) is 0 Å². The first-order valence-corrected chi connectivity index (χ1v) is 9.17. The van der Waals surface area contributed by atoms with Crippen molar-refractivity contribution in [2.24, 2.45) is 4.99 Å². The van der Waals surface area contributed by atoms with Gasteiger partial charge in [-0.25, -0.2) is 0 Å². The Kier molecular flexibility index (Phi) is 8.29. The van der Waals surface area contributed by atoms with Crippen LogP contribution in [0, 0.1) is 0 Å². The highest BCUT2D eigenvalue weighted by molar-refractivity contribution is 5.79. The van der Waals surface area contributed by atoms with E-state index in [1.165, 1.54) is 5.56 Å². The molecule has 0 saturated heterocycles. The normalized spacial score (nSPS) is 11.1. The molecular formula is C21H29N3O3. The van der Waals surface area contributed by atoms with Crippen molar-refractivity contribution >= 4 is 5.96 Å². The van der Waals surface area contributed by atoms with Gasteiger partial charge in [0.25, 0.3) is 0 Å². The number of phenols is 1. The largest absolute Gasteiger partial charge is 0.504 e. The summed E-state index contributed by atoms with van der Waals surface area (Å²) in [5.74, 6) is 2.31. The van der Waals surface area contributed by atoms with Crippen molar-refractivity contribution in [3.63, 3.8) is 0 Å². The summed E-state index contributed by atoms with van der Waals surface area (Å²) < 4.78 is 10.3. The van der Waals surface area contributed by atoms with E-state index < -0.39 is 0 Å². The number of hydrogen-bond donors (Lipinski definition) is 3. The third-order valence-electron chi connectivity index (χ3n) is 4.12. The third kappa shape index (κ3) is 6.73. The first kappa shape index (κ1) is 20.4. The standard InChI is InChI=1S/C21H29N3O3/c1-4-22-21(23-13-11-16-5-8-18(26-2)9-6-16)24-14-12-17-7-10-19(25)20(15-17)27-3/h5-10,15,25H,4,11-14H2,1-3H3,(H2,22,23,24). The highest BCUT2D eigenvalue weighted by atomic mass is 16.5. The molecule has 3 N–H and O–H groups in total. The highest BCUT2D eigenvalue weighted by Crippen LogP contribution is 2.26. The van der Waals surface area contributed by atoms with E-state index in [1.54, 1.807) is 20.3 Å². The van der Waals surface area contributed by atoms with E-state index in [1.807, 2.05) is 31.2 Å². The number of nitrogens with one attached hydrogen (secondary N) is 2. The molecule has 2 aromatic rings.